The van der Waals surface area contributed by atoms with Gasteiger partial charge >= 0.3 is 0 Å². The Bertz CT molecular complexity index is 310. The highest BCUT2D eigenvalue weighted by Gasteiger charge is 2.08. The zero-order valence-electron chi connectivity index (χ0n) is 6.28. The third-order valence-corrected chi connectivity index (χ3v) is 1.42. The van der Waals surface area contributed by atoms with Crippen molar-refractivity contribution < 1.29 is 9.59 Å². The van der Waals surface area contributed by atoms with Crippen molar-refractivity contribution in [2.24, 2.45) is 5.73 Å². The number of aromatic nitrogens is 1. The van der Waals surface area contributed by atoms with Gasteiger partial charge in [-0.25, -0.2) is 0 Å². The molecule has 0 saturated carbocycles. The molecule has 1 heterocycles. The molecule has 12 heavy (non-hydrogen) atoms. The molecule has 0 aliphatic rings. The number of nitrogens with zero attached hydrogens (tertiary/aromatic N) is 1. The number of ketones is 1. The predicted molar refractivity (Wildman–Crippen MR) is 42.4 cm³/mol. The summed E-state index contributed by atoms with van der Waals surface area (Å²) in [4.78, 5) is 25.0. The van der Waals surface area contributed by atoms with Gasteiger partial charge in [-0.3, -0.25) is 14.6 Å². The molecule has 1 rings (SSSR count). The van der Waals surface area contributed by atoms with E-state index in [4.69, 9.17) is 5.73 Å². The predicted octanol–water partition coefficient (Wildman–Crippen LogP) is -0.319. The van der Waals surface area contributed by atoms with Crippen LogP contribution >= 0.6 is 0 Å². The van der Waals surface area contributed by atoms with Gasteiger partial charge in [0.15, 0.2) is 5.78 Å². The van der Waals surface area contributed by atoms with Crippen molar-refractivity contribution in [2.45, 2.75) is 0 Å². The highest BCUT2D eigenvalue weighted by molar-refractivity contribution is 6.03. The van der Waals surface area contributed by atoms with Gasteiger partial charge in [-0.1, -0.05) is 0 Å². The molecule has 61 valence electrons. The Morgan fingerprint density at radius 1 is 1.67 bits per heavy atom. The van der Waals surface area contributed by atoms with E-state index in [1.165, 1.54) is 18.5 Å². The number of carbonyl (C=O) groups excluding carboxylic acids is 2. The van der Waals surface area contributed by atoms with E-state index in [-0.39, 0.29) is 23.5 Å². The first-order chi connectivity index (χ1) is 5.79. The lowest BCUT2D eigenvalue weighted by Crippen LogP contribution is -2.15. The average Bonchev–Trinajstić information content (AvgIpc) is 2.16. The molecule has 0 aliphatic heterocycles. The monoisotopic (exact) mass is 163 g/mol. The third-order valence-electron chi connectivity index (χ3n) is 1.42. The molecule has 0 aromatic carbocycles. The summed E-state index contributed by atoms with van der Waals surface area (Å²) in [6.07, 6.45) is 4.34. The number of hydrogen-bond acceptors (Lipinski definition) is 4. The zero-order valence-corrected chi connectivity index (χ0v) is 6.28. The second kappa shape index (κ2) is 3.73. The van der Waals surface area contributed by atoms with Crippen LogP contribution in [0, 0.1) is 0 Å². The molecule has 2 N–H and O–H groups in total. The van der Waals surface area contributed by atoms with Crippen molar-refractivity contribution in [3.63, 3.8) is 0 Å². The van der Waals surface area contributed by atoms with Crippen LogP contribution in [0.15, 0.2) is 18.5 Å². The first-order valence-corrected chi connectivity index (χ1v) is 3.35. The van der Waals surface area contributed by atoms with Crippen molar-refractivity contribution in [1.82, 2.24) is 4.98 Å². The molecular formula is C8H7N2O2. The lowest BCUT2D eigenvalue weighted by molar-refractivity contribution is 0.100. The maximum atomic E-state index is 11.1. The first kappa shape index (κ1) is 8.55. The third kappa shape index (κ3) is 1.54. The SMILES string of the molecule is NCC(=O)c1ccncc1[C]=O. The van der Waals surface area contributed by atoms with Crippen LogP contribution in [0.25, 0.3) is 0 Å². The van der Waals surface area contributed by atoms with Gasteiger partial charge in [0.2, 0.25) is 6.29 Å². The topological polar surface area (TPSA) is 73.1 Å². The molecule has 1 aromatic heterocycles. The number of pyridine rings is 1. The highest BCUT2D eigenvalue weighted by atomic mass is 16.1. The maximum absolute atomic E-state index is 11.1. The van der Waals surface area contributed by atoms with E-state index >= 15 is 0 Å². The first-order valence-electron chi connectivity index (χ1n) is 3.35. The number of rotatable bonds is 3. The molecule has 0 unspecified atom stereocenters. The molecule has 1 aromatic rings. The minimum atomic E-state index is -0.282. The summed E-state index contributed by atoms with van der Waals surface area (Å²) >= 11 is 0. The standard InChI is InChI=1S/C8H7N2O2/c9-3-8(12)7-1-2-10-4-6(7)5-11/h1-2,4H,3,9H2. The second-order valence-corrected chi connectivity index (χ2v) is 2.15. The van der Waals surface area contributed by atoms with Gasteiger partial charge < -0.3 is 5.73 Å². The van der Waals surface area contributed by atoms with Crippen LogP contribution in [-0.4, -0.2) is 23.6 Å². The molecule has 0 aliphatic carbocycles. The number of nitrogens with two attached hydrogens (primary N) is 1. The molecule has 0 saturated heterocycles. The molecule has 0 bridgehead atoms. The zero-order chi connectivity index (χ0) is 8.97. The lowest BCUT2D eigenvalue weighted by atomic mass is 10.1. The largest absolute Gasteiger partial charge is 0.324 e. The summed E-state index contributed by atoms with van der Waals surface area (Å²) in [7, 11) is 0. The van der Waals surface area contributed by atoms with E-state index in [1.54, 1.807) is 6.29 Å². The van der Waals surface area contributed by atoms with Crippen LogP contribution in [0.5, 0.6) is 0 Å². The Labute approximate surface area is 69.4 Å². The van der Waals surface area contributed by atoms with Crippen LogP contribution in [0.1, 0.15) is 15.9 Å². The molecule has 0 fully saturated rings. The molecule has 4 nitrogen and oxygen atoms in total. The fraction of sp³-hybridized carbons (Fsp3) is 0.125. The van der Waals surface area contributed by atoms with E-state index in [0.29, 0.717) is 0 Å². The Hall–Kier alpha value is -1.55. The Morgan fingerprint density at radius 2 is 2.42 bits per heavy atom. The fourth-order valence-electron chi connectivity index (χ4n) is 0.829. The van der Waals surface area contributed by atoms with Crippen LogP contribution in [-0.2, 0) is 4.79 Å². The summed E-state index contributed by atoms with van der Waals surface area (Å²) in [5, 5.41) is 0. The van der Waals surface area contributed by atoms with E-state index in [9.17, 15) is 9.59 Å². The molecule has 0 spiro atoms. The Morgan fingerprint density at radius 3 is 3.00 bits per heavy atom. The number of Topliss-reactive ketones (excluding diaryl/α,β-unsaturated/α-hetero) is 1. The van der Waals surface area contributed by atoms with Crippen LogP contribution < -0.4 is 5.73 Å². The van der Waals surface area contributed by atoms with Crippen molar-refractivity contribution >= 4 is 12.1 Å². The minimum absolute atomic E-state index is 0.112. The molecule has 4 heteroatoms. The maximum Gasteiger partial charge on any atom is 0.235 e. The number of hydrogen-bond donors (Lipinski definition) is 1. The van der Waals surface area contributed by atoms with Crippen molar-refractivity contribution in [2.75, 3.05) is 6.54 Å². The van der Waals surface area contributed by atoms with Crippen LogP contribution in [0.2, 0.25) is 0 Å². The molecule has 0 atom stereocenters. The van der Waals surface area contributed by atoms with E-state index in [2.05, 4.69) is 4.98 Å². The summed E-state index contributed by atoms with van der Waals surface area (Å²) < 4.78 is 0. The highest BCUT2D eigenvalue weighted by Crippen LogP contribution is 2.03. The average molecular weight is 163 g/mol. The quantitative estimate of drug-likeness (QED) is 0.620. The summed E-state index contributed by atoms with van der Waals surface area (Å²) in [5.74, 6) is -0.282. The van der Waals surface area contributed by atoms with Gasteiger partial charge in [0.1, 0.15) is 0 Å². The summed E-state index contributed by atoms with van der Waals surface area (Å²) in [5.41, 5.74) is 5.57. The fourth-order valence-corrected chi connectivity index (χ4v) is 0.829. The van der Waals surface area contributed by atoms with E-state index in [0.717, 1.165) is 0 Å². The molecule has 1 radical (unpaired) electrons. The van der Waals surface area contributed by atoms with Crippen molar-refractivity contribution in [3.05, 3.63) is 29.6 Å². The van der Waals surface area contributed by atoms with Crippen LogP contribution in [0.4, 0.5) is 0 Å². The van der Waals surface area contributed by atoms with Gasteiger partial charge in [-0.15, -0.1) is 0 Å². The van der Waals surface area contributed by atoms with Crippen molar-refractivity contribution in [1.29, 1.82) is 0 Å². The van der Waals surface area contributed by atoms with E-state index in [1.807, 2.05) is 0 Å². The van der Waals surface area contributed by atoms with Gasteiger partial charge in [-0.2, -0.15) is 0 Å². The van der Waals surface area contributed by atoms with Crippen molar-refractivity contribution in [3.8, 4) is 0 Å². The molecular weight excluding hydrogens is 156 g/mol. The summed E-state index contributed by atoms with van der Waals surface area (Å²) in [6, 6.07) is 1.45. The normalized spacial score (nSPS) is 9.42. The van der Waals surface area contributed by atoms with Crippen LogP contribution in [0.3, 0.4) is 0 Å². The number of carbonyl (C=O) groups is 1. The minimum Gasteiger partial charge on any atom is -0.324 e. The van der Waals surface area contributed by atoms with Gasteiger partial charge in [0, 0.05) is 18.0 Å². The summed E-state index contributed by atoms with van der Waals surface area (Å²) in [6.45, 7) is -0.112. The van der Waals surface area contributed by atoms with Gasteiger partial charge in [0.25, 0.3) is 0 Å². The second-order valence-electron chi connectivity index (χ2n) is 2.15. The molecule has 0 amide bonds. The smallest absolute Gasteiger partial charge is 0.235 e. The van der Waals surface area contributed by atoms with E-state index < -0.39 is 0 Å². The van der Waals surface area contributed by atoms with Gasteiger partial charge in [0.05, 0.1) is 12.1 Å². The lowest BCUT2D eigenvalue weighted by Gasteiger charge is -1.98. The Kier molecular flexibility index (Phi) is 2.66. The Balaban J connectivity index is 3.13. The van der Waals surface area contributed by atoms with Gasteiger partial charge in [-0.05, 0) is 6.07 Å².